The second kappa shape index (κ2) is 17.1. The number of rotatable bonds is 16. The maximum atomic E-state index is 12.7. The predicted octanol–water partition coefficient (Wildman–Crippen LogP) is 6.15. The maximum Gasteiger partial charge on any atom is 0.203 e. The molecule has 0 spiro atoms. The van der Waals surface area contributed by atoms with Crippen molar-refractivity contribution in [3.63, 3.8) is 0 Å². The molecule has 5 rings (SSSR count). The van der Waals surface area contributed by atoms with Crippen molar-refractivity contribution in [2.24, 2.45) is 0 Å². The van der Waals surface area contributed by atoms with E-state index in [1.54, 1.807) is 41.1 Å². The zero-order valence-corrected chi connectivity index (χ0v) is 28.3. The number of ketones is 1. The molecule has 1 atom stereocenters. The summed E-state index contributed by atoms with van der Waals surface area (Å²) in [7, 11) is 7.68. The Kier molecular flexibility index (Phi) is 12.1. The van der Waals surface area contributed by atoms with Gasteiger partial charge in [-0.2, -0.15) is 0 Å². The number of benzene rings is 3. The molecule has 12 heteroatoms. The molecule has 1 fully saturated rings. The van der Waals surface area contributed by atoms with Gasteiger partial charge in [0.05, 0.1) is 54.9 Å². The number of hydrogen-bond donors (Lipinski definition) is 0. The van der Waals surface area contributed by atoms with E-state index in [1.165, 1.54) is 47.7 Å². The van der Waals surface area contributed by atoms with E-state index in [9.17, 15) is 4.79 Å². The third-order valence-electron chi connectivity index (χ3n) is 7.67. The average Bonchev–Trinajstić information content (AvgIpc) is 3.59. The van der Waals surface area contributed by atoms with Crippen molar-refractivity contribution in [1.82, 2.24) is 15.0 Å². The number of carbonyl (C=O) groups excluding carboxylic acids is 1. The molecule has 1 aromatic heterocycles. The van der Waals surface area contributed by atoms with Gasteiger partial charge in [0.25, 0.3) is 0 Å². The average molecular weight is 672 g/mol. The molecule has 1 aliphatic rings. The van der Waals surface area contributed by atoms with Gasteiger partial charge in [-0.05, 0) is 78.1 Å². The van der Waals surface area contributed by atoms with E-state index in [0.717, 1.165) is 37.2 Å². The lowest BCUT2D eigenvalue weighted by molar-refractivity contribution is -0.110. The van der Waals surface area contributed by atoms with Crippen LogP contribution in [0.2, 0.25) is 0 Å². The van der Waals surface area contributed by atoms with Gasteiger partial charge in [0.15, 0.2) is 35.1 Å². The fourth-order valence-electron chi connectivity index (χ4n) is 5.19. The molecule has 12 nitrogen and oxygen atoms in total. The molecule has 1 saturated heterocycles. The van der Waals surface area contributed by atoms with Crippen LogP contribution in [0.25, 0.3) is 12.2 Å². The highest BCUT2D eigenvalue weighted by atomic mass is 16.7. The van der Waals surface area contributed by atoms with E-state index >= 15 is 0 Å². The summed E-state index contributed by atoms with van der Waals surface area (Å²) in [5, 5.41) is 8.50. The van der Waals surface area contributed by atoms with Crippen molar-refractivity contribution >= 4 is 17.9 Å². The molecule has 0 aliphatic carbocycles. The van der Waals surface area contributed by atoms with Crippen LogP contribution in [0.1, 0.15) is 41.6 Å². The van der Waals surface area contributed by atoms with Crippen LogP contribution in [-0.4, -0.2) is 69.2 Å². The van der Waals surface area contributed by atoms with E-state index in [1.807, 2.05) is 30.5 Å². The standard InChI is InChI=1S/C37H41N3O9/c1-42-31-18-26(19-32(43-2)36(31)46-5)9-13-29(41)14-10-27-20-33(44-3)37(34(21-27)45-4)48-24-28-23-40(39-38-28)22-25-11-15-30(16-12-25)49-35-8-6-7-17-47-35/h9-16,18-21,23,35H,6-8,17,22,24H2,1-5H3/b13-9+,14-10+. The van der Waals surface area contributed by atoms with Gasteiger partial charge in [-0.25, -0.2) is 4.68 Å². The normalized spacial score (nSPS) is 14.5. The fraction of sp³-hybridized carbons (Fsp3) is 0.324. The first-order valence-corrected chi connectivity index (χ1v) is 15.8. The number of aromatic nitrogens is 3. The van der Waals surface area contributed by atoms with Crippen LogP contribution >= 0.6 is 0 Å². The van der Waals surface area contributed by atoms with Gasteiger partial charge < -0.3 is 37.9 Å². The maximum absolute atomic E-state index is 12.7. The van der Waals surface area contributed by atoms with E-state index in [4.69, 9.17) is 37.9 Å². The molecule has 0 amide bonds. The number of carbonyl (C=O) groups is 1. The van der Waals surface area contributed by atoms with Gasteiger partial charge in [-0.1, -0.05) is 29.5 Å². The molecule has 0 radical (unpaired) electrons. The summed E-state index contributed by atoms with van der Waals surface area (Å²) in [6.07, 6.45) is 11.0. The van der Waals surface area contributed by atoms with E-state index in [-0.39, 0.29) is 18.7 Å². The minimum atomic E-state index is -0.228. The first-order chi connectivity index (χ1) is 23.9. The van der Waals surface area contributed by atoms with Gasteiger partial charge in [-0.3, -0.25) is 4.79 Å². The molecule has 0 saturated carbocycles. The molecule has 1 aliphatic heterocycles. The van der Waals surface area contributed by atoms with Crippen LogP contribution in [0.3, 0.4) is 0 Å². The highest BCUT2D eigenvalue weighted by molar-refractivity contribution is 6.04. The topological polar surface area (TPSA) is 122 Å². The lowest BCUT2D eigenvalue weighted by atomic mass is 10.1. The summed E-state index contributed by atoms with van der Waals surface area (Å²) in [4.78, 5) is 12.7. The smallest absolute Gasteiger partial charge is 0.203 e. The van der Waals surface area contributed by atoms with E-state index in [0.29, 0.717) is 57.9 Å². The molecular formula is C37H41N3O9. The third-order valence-corrected chi connectivity index (χ3v) is 7.67. The number of nitrogens with zero attached hydrogens (tertiary/aromatic N) is 3. The Balaban J connectivity index is 1.19. The van der Waals surface area contributed by atoms with Crippen molar-refractivity contribution in [3.8, 4) is 40.2 Å². The Morgan fingerprint density at radius 3 is 1.94 bits per heavy atom. The molecular weight excluding hydrogens is 630 g/mol. The lowest BCUT2D eigenvalue weighted by Crippen LogP contribution is -2.24. The van der Waals surface area contributed by atoms with Crippen molar-refractivity contribution in [2.75, 3.05) is 42.2 Å². The predicted molar refractivity (Wildman–Crippen MR) is 183 cm³/mol. The largest absolute Gasteiger partial charge is 0.493 e. The molecule has 49 heavy (non-hydrogen) atoms. The van der Waals surface area contributed by atoms with Crippen molar-refractivity contribution in [3.05, 3.63) is 89.3 Å². The van der Waals surface area contributed by atoms with E-state index < -0.39 is 0 Å². The van der Waals surface area contributed by atoms with Gasteiger partial charge in [0.2, 0.25) is 11.5 Å². The highest BCUT2D eigenvalue weighted by Gasteiger charge is 2.17. The van der Waals surface area contributed by atoms with Crippen LogP contribution in [-0.2, 0) is 22.7 Å². The minimum Gasteiger partial charge on any atom is -0.493 e. The Bertz CT molecular complexity index is 1710. The highest BCUT2D eigenvalue weighted by Crippen LogP contribution is 2.40. The second-order valence-corrected chi connectivity index (χ2v) is 11.0. The van der Waals surface area contributed by atoms with Crippen LogP contribution in [0.15, 0.2) is 66.9 Å². The summed E-state index contributed by atoms with van der Waals surface area (Å²) >= 11 is 0. The van der Waals surface area contributed by atoms with Crippen LogP contribution in [0.4, 0.5) is 0 Å². The number of ether oxygens (including phenoxy) is 8. The first kappa shape index (κ1) is 34.8. The van der Waals surface area contributed by atoms with Crippen LogP contribution in [0, 0.1) is 0 Å². The number of methoxy groups -OCH3 is 5. The monoisotopic (exact) mass is 671 g/mol. The van der Waals surface area contributed by atoms with Gasteiger partial charge >= 0.3 is 0 Å². The minimum absolute atomic E-state index is 0.139. The number of hydrogen-bond acceptors (Lipinski definition) is 11. The van der Waals surface area contributed by atoms with Gasteiger partial charge in [-0.15, -0.1) is 5.10 Å². The lowest BCUT2D eigenvalue weighted by Gasteiger charge is -2.23. The Morgan fingerprint density at radius 1 is 0.816 bits per heavy atom. The summed E-state index contributed by atoms with van der Waals surface area (Å²) in [6, 6.07) is 14.9. The summed E-state index contributed by atoms with van der Waals surface area (Å²) in [5.41, 5.74) is 3.08. The third kappa shape index (κ3) is 9.32. The SMILES string of the molecule is COc1cc(/C=C/C(=O)/C=C/c2cc(OC)c(OCc3cn(Cc4ccc(OC5CCCCO5)cc4)nn3)c(OC)c2)cc(OC)c1OC. The fourth-order valence-corrected chi connectivity index (χ4v) is 5.19. The van der Waals surface area contributed by atoms with Crippen molar-refractivity contribution < 1.29 is 42.7 Å². The van der Waals surface area contributed by atoms with Crippen LogP contribution in [0.5, 0.6) is 40.2 Å². The Hall–Kier alpha value is -5.49. The molecule has 0 bridgehead atoms. The molecule has 4 aromatic rings. The van der Waals surface area contributed by atoms with Crippen LogP contribution < -0.4 is 33.2 Å². The van der Waals surface area contributed by atoms with Crippen molar-refractivity contribution in [2.45, 2.75) is 38.7 Å². The summed E-state index contributed by atoms with van der Waals surface area (Å²) in [5.74, 6) is 3.30. The van der Waals surface area contributed by atoms with Crippen molar-refractivity contribution in [1.29, 1.82) is 0 Å². The second-order valence-electron chi connectivity index (χ2n) is 11.0. The molecule has 2 heterocycles. The van der Waals surface area contributed by atoms with E-state index in [2.05, 4.69) is 10.3 Å². The number of allylic oxidation sites excluding steroid dienone is 2. The Morgan fingerprint density at radius 2 is 1.41 bits per heavy atom. The molecule has 0 N–H and O–H groups in total. The van der Waals surface area contributed by atoms with Gasteiger partial charge in [0.1, 0.15) is 18.1 Å². The van der Waals surface area contributed by atoms with Gasteiger partial charge in [0, 0.05) is 6.42 Å². The first-order valence-electron chi connectivity index (χ1n) is 15.8. The zero-order chi connectivity index (χ0) is 34.6. The molecule has 258 valence electrons. The molecule has 1 unspecified atom stereocenters. The Labute approximate surface area is 285 Å². The summed E-state index contributed by atoms with van der Waals surface area (Å²) < 4.78 is 46.7. The quantitative estimate of drug-likeness (QED) is 0.128. The zero-order valence-electron chi connectivity index (χ0n) is 28.3. The summed E-state index contributed by atoms with van der Waals surface area (Å²) in [6.45, 7) is 1.42. The molecule has 3 aromatic carbocycles.